The third-order valence-electron chi connectivity index (χ3n) is 6.13. The molecule has 0 radical (unpaired) electrons. The maximum Gasteiger partial charge on any atom is 0.322 e. The minimum absolute atomic E-state index is 0.00184. The van der Waals surface area contributed by atoms with Gasteiger partial charge < -0.3 is 4.74 Å². The summed E-state index contributed by atoms with van der Waals surface area (Å²) in [5, 5.41) is 3.40. The number of ether oxygens (including phenoxy) is 1. The molecule has 0 aliphatic heterocycles. The molecule has 7 nitrogen and oxygen atoms in total. The topological polar surface area (TPSA) is 102 Å². The number of hydrogen-bond acceptors (Lipinski definition) is 6. The second-order valence-corrected chi connectivity index (χ2v) is 11.1. The SMILES string of the molecule is COC(=O)[C@H](C)NCC(=O)c1c(C)cc(-c2cccc(NS(=O)(=O)c3cc(C)c(Cl)cc3C)c2)cc1C. The first kappa shape index (κ1) is 28.4. The van der Waals surface area contributed by atoms with Crippen LogP contribution in [0.15, 0.2) is 53.4 Å². The van der Waals surface area contributed by atoms with Crippen molar-refractivity contribution in [1.82, 2.24) is 5.32 Å². The van der Waals surface area contributed by atoms with E-state index in [4.69, 9.17) is 11.6 Å². The number of methoxy groups -OCH3 is 1. The molecule has 0 unspecified atom stereocenters. The van der Waals surface area contributed by atoms with Gasteiger partial charge in [0.15, 0.2) is 5.78 Å². The van der Waals surface area contributed by atoms with Crippen LogP contribution in [0.1, 0.15) is 39.5 Å². The molecule has 0 aliphatic carbocycles. The lowest BCUT2D eigenvalue weighted by Gasteiger charge is -2.15. The molecule has 0 saturated carbocycles. The summed E-state index contributed by atoms with van der Waals surface area (Å²) in [4.78, 5) is 24.6. The fraction of sp³-hybridized carbons (Fsp3) is 0.286. The van der Waals surface area contributed by atoms with Gasteiger partial charge in [0.2, 0.25) is 0 Å². The van der Waals surface area contributed by atoms with Crippen LogP contribution in [0.4, 0.5) is 5.69 Å². The second-order valence-electron chi connectivity index (χ2n) is 9.09. The lowest BCUT2D eigenvalue weighted by atomic mass is 9.93. The minimum atomic E-state index is -3.83. The number of nitrogens with one attached hydrogen (secondary N) is 2. The highest BCUT2D eigenvalue weighted by Crippen LogP contribution is 2.30. The van der Waals surface area contributed by atoms with Gasteiger partial charge in [0.05, 0.1) is 18.6 Å². The van der Waals surface area contributed by atoms with Gasteiger partial charge in [-0.2, -0.15) is 0 Å². The zero-order valence-electron chi connectivity index (χ0n) is 21.7. The Labute approximate surface area is 223 Å². The Balaban J connectivity index is 1.86. The van der Waals surface area contributed by atoms with Gasteiger partial charge in [-0.15, -0.1) is 0 Å². The fourth-order valence-corrected chi connectivity index (χ4v) is 5.76. The van der Waals surface area contributed by atoms with Gasteiger partial charge in [-0.25, -0.2) is 8.42 Å². The predicted octanol–water partition coefficient (Wildman–Crippen LogP) is 5.38. The predicted molar refractivity (Wildman–Crippen MR) is 147 cm³/mol. The quantitative estimate of drug-likeness (QED) is 0.278. The van der Waals surface area contributed by atoms with E-state index in [1.165, 1.54) is 7.11 Å². The van der Waals surface area contributed by atoms with Crippen molar-refractivity contribution in [3.63, 3.8) is 0 Å². The van der Waals surface area contributed by atoms with Gasteiger partial charge in [-0.05, 0) is 92.3 Å². The van der Waals surface area contributed by atoms with Crippen molar-refractivity contribution in [2.24, 2.45) is 0 Å². The number of carbonyl (C=O) groups is 2. The van der Waals surface area contributed by atoms with Crippen molar-refractivity contribution in [3.8, 4) is 11.1 Å². The van der Waals surface area contributed by atoms with Crippen LogP contribution < -0.4 is 10.0 Å². The van der Waals surface area contributed by atoms with Crippen molar-refractivity contribution < 1.29 is 22.7 Å². The molecule has 37 heavy (non-hydrogen) atoms. The smallest absolute Gasteiger partial charge is 0.322 e. The number of benzene rings is 3. The lowest BCUT2D eigenvalue weighted by Crippen LogP contribution is -2.38. The number of rotatable bonds is 9. The van der Waals surface area contributed by atoms with Crippen LogP contribution >= 0.6 is 11.6 Å². The Morgan fingerprint density at radius 2 is 1.57 bits per heavy atom. The molecule has 0 amide bonds. The number of sulfonamides is 1. The summed E-state index contributed by atoms with van der Waals surface area (Å²) in [5.41, 5.74) is 5.45. The van der Waals surface area contributed by atoms with E-state index >= 15 is 0 Å². The van der Waals surface area contributed by atoms with E-state index in [2.05, 4.69) is 14.8 Å². The van der Waals surface area contributed by atoms with Gasteiger partial charge in [0.25, 0.3) is 10.0 Å². The average Bonchev–Trinajstić information content (AvgIpc) is 2.83. The number of aryl methyl sites for hydroxylation is 4. The Morgan fingerprint density at radius 1 is 0.919 bits per heavy atom. The standard InChI is InChI=1S/C28H31ClN2O5S/c1-16-13-26(17(2)12-24(16)29)37(34,35)31-23-9-7-8-21(14-23)22-10-18(3)27(19(4)11-22)25(32)15-30-20(5)28(33)36-6/h7-14,20,30-31H,15H2,1-6H3/t20-/m0/s1. The monoisotopic (exact) mass is 542 g/mol. The number of hydrogen-bond donors (Lipinski definition) is 2. The largest absolute Gasteiger partial charge is 0.468 e. The Kier molecular flexibility index (Phi) is 8.79. The van der Waals surface area contributed by atoms with Crippen LogP contribution in [0.3, 0.4) is 0 Å². The van der Waals surface area contributed by atoms with E-state index < -0.39 is 22.0 Å². The summed E-state index contributed by atoms with van der Waals surface area (Å²) in [6, 6.07) is 13.5. The first-order valence-corrected chi connectivity index (χ1v) is 13.6. The van der Waals surface area contributed by atoms with Gasteiger partial charge in [-0.3, -0.25) is 19.6 Å². The first-order chi connectivity index (χ1) is 17.3. The van der Waals surface area contributed by atoms with Gasteiger partial charge in [0, 0.05) is 16.3 Å². The van der Waals surface area contributed by atoms with Crippen molar-refractivity contribution >= 4 is 39.1 Å². The van der Waals surface area contributed by atoms with Crippen molar-refractivity contribution in [2.75, 3.05) is 18.4 Å². The third kappa shape index (κ3) is 6.57. The highest BCUT2D eigenvalue weighted by Gasteiger charge is 2.20. The van der Waals surface area contributed by atoms with Crippen LogP contribution in [0.5, 0.6) is 0 Å². The Hall–Kier alpha value is -3.20. The molecule has 9 heteroatoms. The number of Topliss-reactive ketones (excluding diaryl/α,β-unsaturated/α-hetero) is 1. The van der Waals surface area contributed by atoms with Crippen molar-refractivity contribution in [3.05, 3.63) is 81.4 Å². The van der Waals surface area contributed by atoms with E-state index in [0.717, 1.165) is 22.3 Å². The van der Waals surface area contributed by atoms with Crippen LogP contribution in [-0.2, 0) is 19.6 Å². The number of anilines is 1. The molecule has 0 saturated heterocycles. The third-order valence-corrected chi connectivity index (χ3v) is 8.06. The number of halogens is 1. The average molecular weight is 543 g/mol. The molecule has 0 heterocycles. The molecule has 3 aromatic carbocycles. The molecule has 1 atom stereocenters. The molecule has 0 aliphatic rings. The minimum Gasteiger partial charge on any atom is -0.468 e. The summed E-state index contributed by atoms with van der Waals surface area (Å²) in [6.07, 6.45) is 0. The Morgan fingerprint density at radius 3 is 2.19 bits per heavy atom. The summed E-state index contributed by atoms with van der Waals surface area (Å²) in [5.74, 6) is -0.569. The van der Waals surface area contributed by atoms with E-state index in [1.54, 1.807) is 51.1 Å². The maximum atomic E-state index is 13.1. The molecule has 0 fully saturated rings. The second kappa shape index (κ2) is 11.5. The van der Waals surface area contributed by atoms with Gasteiger partial charge in [-0.1, -0.05) is 35.9 Å². The van der Waals surface area contributed by atoms with Crippen molar-refractivity contribution in [1.29, 1.82) is 0 Å². The summed E-state index contributed by atoms with van der Waals surface area (Å²) < 4.78 is 33.6. The normalized spacial score (nSPS) is 12.2. The zero-order valence-corrected chi connectivity index (χ0v) is 23.3. The number of carbonyl (C=O) groups excluding carboxylic acids is 2. The van der Waals surface area contributed by atoms with E-state index in [0.29, 0.717) is 27.4 Å². The van der Waals surface area contributed by atoms with Gasteiger partial charge >= 0.3 is 5.97 Å². The van der Waals surface area contributed by atoms with Crippen molar-refractivity contribution in [2.45, 2.75) is 45.6 Å². The van der Waals surface area contributed by atoms with Crippen LogP contribution in [0, 0.1) is 27.7 Å². The fourth-order valence-electron chi connectivity index (χ4n) is 4.18. The number of esters is 1. The van der Waals surface area contributed by atoms with Crippen LogP contribution in [-0.4, -0.2) is 39.9 Å². The molecule has 0 spiro atoms. The zero-order chi connectivity index (χ0) is 27.5. The van der Waals surface area contributed by atoms with Crippen LogP contribution in [0.2, 0.25) is 5.02 Å². The molecule has 0 bridgehead atoms. The molecule has 196 valence electrons. The maximum absolute atomic E-state index is 13.1. The molecule has 0 aromatic heterocycles. The van der Waals surface area contributed by atoms with E-state index in [-0.39, 0.29) is 17.2 Å². The molecular weight excluding hydrogens is 512 g/mol. The summed E-state index contributed by atoms with van der Waals surface area (Å²) in [7, 11) is -2.53. The first-order valence-electron chi connectivity index (χ1n) is 11.7. The molecule has 3 aromatic rings. The van der Waals surface area contributed by atoms with E-state index in [1.807, 2.05) is 32.0 Å². The summed E-state index contributed by atoms with van der Waals surface area (Å²) in [6.45, 7) is 8.81. The lowest BCUT2D eigenvalue weighted by molar-refractivity contribution is -0.142. The highest BCUT2D eigenvalue weighted by molar-refractivity contribution is 7.92. The van der Waals surface area contributed by atoms with E-state index in [9.17, 15) is 18.0 Å². The molecular formula is C28H31ClN2O5S. The van der Waals surface area contributed by atoms with Crippen LogP contribution in [0.25, 0.3) is 11.1 Å². The number of ketones is 1. The summed E-state index contributed by atoms with van der Waals surface area (Å²) >= 11 is 6.13. The Bertz CT molecular complexity index is 1440. The highest BCUT2D eigenvalue weighted by atomic mass is 35.5. The molecule has 2 N–H and O–H groups in total. The van der Waals surface area contributed by atoms with Gasteiger partial charge in [0.1, 0.15) is 6.04 Å². The molecule has 3 rings (SSSR count).